The molecule has 0 saturated heterocycles. The van der Waals surface area contributed by atoms with Crippen LogP contribution in [-0.2, 0) is 5.41 Å². The normalized spacial score (nSPS) is 13.6. The maximum absolute atomic E-state index is 6.23. The summed E-state index contributed by atoms with van der Waals surface area (Å²) in [6.45, 7) is 4.79. The van der Waals surface area contributed by atoms with Gasteiger partial charge in [-0.15, -0.1) is 11.3 Å². The molecular formula is C51H32OS. The lowest BCUT2D eigenvalue weighted by Gasteiger charge is -2.22. The fourth-order valence-electron chi connectivity index (χ4n) is 9.53. The van der Waals surface area contributed by atoms with E-state index in [1.807, 2.05) is 17.4 Å². The highest BCUT2D eigenvalue weighted by Crippen LogP contribution is 2.54. The molecule has 0 radical (unpaired) electrons. The first-order valence-corrected chi connectivity index (χ1v) is 19.2. The molecule has 1 aliphatic carbocycles. The second-order valence-corrected chi connectivity index (χ2v) is 16.2. The molecule has 0 spiro atoms. The number of benzene rings is 9. The number of rotatable bonds is 2. The first kappa shape index (κ1) is 29.4. The van der Waals surface area contributed by atoms with Gasteiger partial charge in [-0.3, -0.25) is 0 Å². The molecule has 1 nitrogen and oxygen atoms in total. The minimum atomic E-state index is -0.0977. The van der Waals surface area contributed by atoms with E-state index in [9.17, 15) is 0 Å². The van der Waals surface area contributed by atoms with Crippen molar-refractivity contribution in [3.63, 3.8) is 0 Å². The van der Waals surface area contributed by atoms with Gasteiger partial charge in [0.1, 0.15) is 11.2 Å². The molecule has 0 saturated carbocycles. The standard InChI is InChI=1S/C51H32OS/c1-51(2)43-23-20-30(25-39(43)40-27-42-38-22-19-29-11-3-4-12-32(29)50(38)53-47(42)28-44(40)51)48-34-14-5-7-16-36(34)49(37-17-8-6-15-35(37)48)31-21-24-46-41(26-31)33-13-9-10-18-45(33)52-46/h3-28H,1-2H3. The Bertz CT molecular complexity index is 3320. The van der Waals surface area contributed by atoms with Crippen molar-refractivity contribution in [2.24, 2.45) is 0 Å². The van der Waals surface area contributed by atoms with Gasteiger partial charge in [-0.25, -0.2) is 0 Å². The van der Waals surface area contributed by atoms with Gasteiger partial charge in [0.25, 0.3) is 0 Å². The van der Waals surface area contributed by atoms with Crippen LogP contribution < -0.4 is 0 Å². The van der Waals surface area contributed by atoms with Crippen LogP contribution in [0.15, 0.2) is 162 Å². The highest BCUT2D eigenvalue weighted by molar-refractivity contribution is 7.26. The van der Waals surface area contributed by atoms with Crippen LogP contribution in [0.25, 0.3) is 108 Å². The number of furan rings is 1. The second-order valence-electron chi connectivity index (χ2n) is 15.2. The summed E-state index contributed by atoms with van der Waals surface area (Å²) >= 11 is 1.94. The van der Waals surface area contributed by atoms with Crippen LogP contribution in [0.4, 0.5) is 0 Å². The van der Waals surface area contributed by atoms with Crippen LogP contribution in [0, 0.1) is 0 Å². The lowest BCUT2D eigenvalue weighted by atomic mass is 9.81. The van der Waals surface area contributed by atoms with E-state index < -0.39 is 0 Å². The van der Waals surface area contributed by atoms with Gasteiger partial charge in [-0.2, -0.15) is 0 Å². The van der Waals surface area contributed by atoms with E-state index in [4.69, 9.17) is 4.42 Å². The molecule has 2 heterocycles. The molecule has 53 heavy (non-hydrogen) atoms. The number of para-hydroxylation sites is 1. The van der Waals surface area contributed by atoms with E-state index in [0.717, 1.165) is 21.9 Å². The van der Waals surface area contributed by atoms with Gasteiger partial charge in [-0.05, 0) is 113 Å². The summed E-state index contributed by atoms with van der Waals surface area (Å²) < 4.78 is 8.98. The molecule has 0 amide bonds. The Morgan fingerprint density at radius 3 is 1.74 bits per heavy atom. The van der Waals surface area contributed by atoms with E-state index in [1.54, 1.807) is 0 Å². The second kappa shape index (κ2) is 10.4. The van der Waals surface area contributed by atoms with Crippen molar-refractivity contribution < 1.29 is 4.42 Å². The lowest BCUT2D eigenvalue weighted by Crippen LogP contribution is -2.14. The van der Waals surface area contributed by atoms with Crippen LogP contribution >= 0.6 is 11.3 Å². The summed E-state index contributed by atoms with van der Waals surface area (Å²) in [6, 6.07) is 58.6. The first-order valence-electron chi connectivity index (χ1n) is 18.4. The van der Waals surface area contributed by atoms with Gasteiger partial charge < -0.3 is 4.42 Å². The molecule has 2 aromatic heterocycles. The molecule has 0 unspecified atom stereocenters. The van der Waals surface area contributed by atoms with Gasteiger partial charge in [0.15, 0.2) is 0 Å². The molecule has 12 rings (SSSR count). The summed E-state index contributed by atoms with van der Waals surface area (Å²) in [4.78, 5) is 0. The molecule has 0 aliphatic heterocycles. The third-order valence-corrected chi connectivity index (χ3v) is 13.2. The van der Waals surface area contributed by atoms with Crippen LogP contribution in [0.3, 0.4) is 0 Å². The molecule has 0 N–H and O–H groups in total. The third-order valence-electron chi connectivity index (χ3n) is 12.0. The first-order chi connectivity index (χ1) is 26.0. The maximum atomic E-state index is 6.23. The maximum Gasteiger partial charge on any atom is 0.135 e. The van der Waals surface area contributed by atoms with Crippen LogP contribution in [0.2, 0.25) is 0 Å². The molecular weight excluding hydrogens is 661 g/mol. The number of hydrogen-bond donors (Lipinski definition) is 0. The van der Waals surface area contributed by atoms with Crippen molar-refractivity contribution in [3.05, 3.63) is 169 Å². The Labute approximate surface area is 310 Å². The zero-order valence-corrected chi connectivity index (χ0v) is 30.1. The lowest BCUT2D eigenvalue weighted by molar-refractivity contribution is 0.661. The van der Waals surface area contributed by atoms with Crippen molar-refractivity contribution in [1.82, 2.24) is 0 Å². The molecule has 0 atom stereocenters. The largest absolute Gasteiger partial charge is 0.456 e. The van der Waals surface area contributed by atoms with Crippen molar-refractivity contribution >= 4 is 85.8 Å². The van der Waals surface area contributed by atoms with E-state index in [1.165, 1.54) is 97.0 Å². The third kappa shape index (κ3) is 3.96. The van der Waals surface area contributed by atoms with Crippen molar-refractivity contribution in [3.8, 4) is 33.4 Å². The highest BCUT2D eigenvalue weighted by Gasteiger charge is 2.36. The molecule has 9 aromatic carbocycles. The molecule has 2 heteroatoms. The molecule has 0 fully saturated rings. The van der Waals surface area contributed by atoms with E-state index in [-0.39, 0.29) is 5.41 Å². The zero-order chi connectivity index (χ0) is 35.0. The van der Waals surface area contributed by atoms with Gasteiger partial charge >= 0.3 is 0 Å². The van der Waals surface area contributed by atoms with Crippen molar-refractivity contribution in [1.29, 1.82) is 0 Å². The van der Waals surface area contributed by atoms with Gasteiger partial charge in [-0.1, -0.05) is 135 Å². The Morgan fingerprint density at radius 1 is 0.415 bits per heavy atom. The summed E-state index contributed by atoms with van der Waals surface area (Å²) in [7, 11) is 0. The summed E-state index contributed by atoms with van der Waals surface area (Å²) in [5.41, 5.74) is 12.3. The van der Waals surface area contributed by atoms with E-state index in [0.29, 0.717) is 0 Å². The Balaban J connectivity index is 1.10. The van der Waals surface area contributed by atoms with Gasteiger partial charge in [0, 0.05) is 36.4 Å². The van der Waals surface area contributed by atoms with Crippen LogP contribution in [0.1, 0.15) is 25.0 Å². The zero-order valence-electron chi connectivity index (χ0n) is 29.3. The highest BCUT2D eigenvalue weighted by atomic mass is 32.1. The minimum Gasteiger partial charge on any atom is -0.456 e. The summed E-state index contributed by atoms with van der Waals surface area (Å²) in [5.74, 6) is 0. The molecule has 0 bridgehead atoms. The predicted octanol–water partition coefficient (Wildman–Crippen LogP) is 15.1. The molecule has 248 valence electrons. The Morgan fingerprint density at radius 2 is 1.00 bits per heavy atom. The fourth-order valence-corrected chi connectivity index (χ4v) is 10.8. The average molecular weight is 693 g/mol. The van der Waals surface area contributed by atoms with Gasteiger partial charge in [0.05, 0.1) is 0 Å². The quantitative estimate of drug-likeness (QED) is 0.164. The van der Waals surface area contributed by atoms with E-state index >= 15 is 0 Å². The number of fused-ring (bicyclic) bond motifs is 13. The van der Waals surface area contributed by atoms with Crippen LogP contribution in [-0.4, -0.2) is 0 Å². The SMILES string of the molecule is CC1(C)c2ccc(-c3c4ccccc4c(-c4ccc5oc6ccccc6c5c4)c4ccccc34)cc2-c2cc3c(cc21)sc1c2ccccc2ccc31. The minimum absolute atomic E-state index is 0.0977. The fraction of sp³-hybridized carbons (Fsp3) is 0.0588. The van der Waals surface area contributed by atoms with Crippen molar-refractivity contribution in [2.75, 3.05) is 0 Å². The smallest absolute Gasteiger partial charge is 0.135 e. The number of thiophene rings is 1. The summed E-state index contributed by atoms with van der Waals surface area (Å²) in [5, 5.41) is 12.7. The summed E-state index contributed by atoms with van der Waals surface area (Å²) in [6.07, 6.45) is 0. The average Bonchev–Trinajstić information content (AvgIpc) is 3.83. The molecule has 11 aromatic rings. The van der Waals surface area contributed by atoms with Crippen LogP contribution in [0.5, 0.6) is 0 Å². The van der Waals surface area contributed by atoms with Gasteiger partial charge in [0.2, 0.25) is 0 Å². The van der Waals surface area contributed by atoms with E-state index in [2.05, 4.69) is 166 Å². The van der Waals surface area contributed by atoms with Crippen molar-refractivity contribution in [2.45, 2.75) is 19.3 Å². The monoisotopic (exact) mass is 692 g/mol. The number of hydrogen-bond acceptors (Lipinski definition) is 2. The predicted molar refractivity (Wildman–Crippen MR) is 228 cm³/mol. The topological polar surface area (TPSA) is 13.1 Å². The Hall–Kier alpha value is -6.22. The molecule has 1 aliphatic rings. The Kier molecular flexibility index (Phi) is 5.78.